The van der Waals surface area contributed by atoms with Gasteiger partial charge in [-0.1, -0.05) is 18.2 Å². The maximum Gasteiger partial charge on any atom is 0.262 e. The lowest BCUT2D eigenvalue weighted by atomic mass is 10.2. The predicted octanol–water partition coefficient (Wildman–Crippen LogP) is 3.06. The van der Waals surface area contributed by atoms with Crippen LogP contribution in [0.1, 0.15) is 20.7 Å². The highest BCUT2D eigenvalue weighted by atomic mass is 16.5. The Morgan fingerprint density at radius 3 is 1.93 bits per heavy atom. The third-order valence-electron chi connectivity index (χ3n) is 3.97. The lowest BCUT2D eigenvalue weighted by Gasteiger charge is -2.09. The van der Waals surface area contributed by atoms with Gasteiger partial charge in [0.05, 0.1) is 0 Å². The van der Waals surface area contributed by atoms with Crippen LogP contribution in [0.25, 0.3) is 0 Å². The van der Waals surface area contributed by atoms with Gasteiger partial charge in [-0.3, -0.25) is 14.4 Å². The SMILES string of the molecule is NC(=O)c1ccc(NC(=O)COc2ccc(NC(=O)c3ccccc3)cc2)cc1. The van der Waals surface area contributed by atoms with E-state index in [1.807, 2.05) is 6.07 Å². The van der Waals surface area contributed by atoms with E-state index in [4.69, 9.17) is 10.5 Å². The highest BCUT2D eigenvalue weighted by Crippen LogP contribution is 2.17. The van der Waals surface area contributed by atoms with Crippen molar-refractivity contribution in [3.63, 3.8) is 0 Å². The molecule has 0 saturated heterocycles. The maximum atomic E-state index is 12.1. The number of carbonyl (C=O) groups is 3. The monoisotopic (exact) mass is 389 g/mol. The third kappa shape index (κ3) is 5.67. The molecule has 3 rings (SSSR count). The number of amides is 3. The molecule has 0 unspecified atom stereocenters. The molecule has 3 aromatic carbocycles. The van der Waals surface area contributed by atoms with Gasteiger partial charge < -0.3 is 21.1 Å². The quantitative estimate of drug-likeness (QED) is 0.577. The van der Waals surface area contributed by atoms with Crippen LogP contribution in [-0.2, 0) is 4.79 Å². The predicted molar refractivity (Wildman–Crippen MR) is 110 cm³/mol. The van der Waals surface area contributed by atoms with Crippen LogP contribution in [0.3, 0.4) is 0 Å². The molecular formula is C22H19N3O4. The fourth-order valence-electron chi connectivity index (χ4n) is 2.49. The molecule has 0 atom stereocenters. The smallest absolute Gasteiger partial charge is 0.262 e. The van der Waals surface area contributed by atoms with E-state index in [0.717, 1.165) is 0 Å². The highest BCUT2D eigenvalue weighted by molar-refractivity contribution is 6.04. The van der Waals surface area contributed by atoms with Crippen LogP contribution in [0, 0.1) is 0 Å². The molecule has 29 heavy (non-hydrogen) atoms. The number of hydrogen-bond acceptors (Lipinski definition) is 4. The van der Waals surface area contributed by atoms with Crippen molar-refractivity contribution in [2.24, 2.45) is 5.73 Å². The van der Waals surface area contributed by atoms with Gasteiger partial charge in [-0.15, -0.1) is 0 Å². The van der Waals surface area contributed by atoms with Crippen molar-refractivity contribution in [1.82, 2.24) is 0 Å². The molecule has 0 spiro atoms. The fraction of sp³-hybridized carbons (Fsp3) is 0.0455. The summed E-state index contributed by atoms with van der Waals surface area (Å²) in [5.41, 5.74) is 7.24. The summed E-state index contributed by atoms with van der Waals surface area (Å²) in [7, 11) is 0. The van der Waals surface area contributed by atoms with Crippen molar-refractivity contribution in [3.05, 3.63) is 90.0 Å². The van der Waals surface area contributed by atoms with Crippen LogP contribution in [0.15, 0.2) is 78.9 Å². The first-order valence-electron chi connectivity index (χ1n) is 8.80. The van der Waals surface area contributed by atoms with Crippen LogP contribution in [-0.4, -0.2) is 24.3 Å². The molecular weight excluding hydrogens is 370 g/mol. The Morgan fingerprint density at radius 2 is 1.31 bits per heavy atom. The van der Waals surface area contributed by atoms with Crippen molar-refractivity contribution >= 4 is 29.1 Å². The normalized spacial score (nSPS) is 10.1. The second kappa shape index (κ2) is 9.18. The molecule has 0 fully saturated rings. The highest BCUT2D eigenvalue weighted by Gasteiger charge is 2.07. The molecule has 0 saturated carbocycles. The Kier molecular flexibility index (Phi) is 6.22. The average molecular weight is 389 g/mol. The maximum absolute atomic E-state index is 12.1. The molecule has 0 aromatic heterocycles. The van der Waals surface area contributed by atoms with E-state index >= 15 is 0 Å². The van der Waals surface area contributed by atoms with Gasteiger partial charge in [0.15, 0.2) is 6.61 Å². The van der Waals surface area contributed by atoms with Crippen molar-refractivity contribution in [2.45, 2.75) is 0 Å². The molecule has 4 N–H and O–H groups in total. The number of anilines is 2. The summed E-state index contributed by atoms with van der Waals surface area (Å²) in [6.45, 7) is -0.187. The Labute approximate surface area is 167 Å². The van der Waals surface area contributed by atoms with E-state index in [0.29, 0.717) is 28.3 Å². The van der Waals surface area contributed by atoms with E-state index in [2.05, 4.69) is 10.6 Å². The summed E-state index contributed by atoms with van der Waals surface area (Å²) in [4.78, 5) is 35.2. The number of nitrogens with one attached hydrogen (secondary N) is 2. The molecule has 7 nitrogen and oxygen atoms in total. The second-order valence-electron chi connectivity index (χ2n) is 6.12. The molecule has 0 bridgehead atoms. The zero-order valence-corrected chi connectivity index (χ0v) is 15.4. The standard InChI is InChI=1S/C22H19N3O4/c23-21(27)15-6-8-17(9-7-15)24-20(26)14-29-19-12-10-18(11-13-19)25-22(28)16-4-2-1-3-5-16/h1-13H,14H2,(H2,23,27)(H,24,26)(H,25,28). The first-order valence-corrected chi connectivity index (χ1v) is 8.80. The lowest BCUT2D eigenvalue weighted by Crippen LogP contribution is -2.20. The van der Waals surface area contributed by atoms with Gasteiger partial charge >= 0.3 is 0 Å². The lowest BCUT2D eigenvalue weighted by molar-refractivity contribution is -0.118. The van der Waals surface area contributed by atoms with Gasteiger partial charge in [0.1, 0.15) is 5.75 Å². The Bertz CT molecular complexity index is 1000. The average Bonchev–Trinajstić information content (AvgIpc) is 2.74. The second-order valence-corrected chi connectivity index (χ2v) is 6.12. The summed E-state index contributed by atoms with van der Waals surface area (Å²) < 4.78 is 5.45. The fourth-order valence-corrected chi connectivity index (χ4v) is 2.49. The number of primary amides is 1. The van der Waals surface area contributed by atoms with Crippen LogP contribution in [0.4, 0.5) is 11.4 Å². The molecule has 0 radical (unpaired) electrons. The molecule has 146 valence electrons. The summed E-state index contributed by atoms with van der Waals surface area (Å²) in [6.07, 6.45) is 0. The third-order valence-corrected chi connectivity index (χ3v) is 3.97. The largest absolute Gasteiger partial charge is 0.484 e. The molecule has 0 aliphatic rings. The van der Waals surface area contributed by atoms with Crippen LogP contribution in [0.5, 0.6) is 5.75 Å². The zero-order chi connectivity index (χ0) is 20.6. The van der Waals surface area contributed by atoms with Gasteiger partial charge in [0.25, 0.3) is 11.8 Å². The number of carbonyl (C=O) groups excluding carboxylic acids is 3. The topological polar surface area (TPSA) is 111 Å². The molecule has 0 heterocycles. The van der Waals surface area contributed by atoms with E-state index in [9.17, 15) is 14.4 Å². The molecule has 7 heteroatoms. The van der Waals surface area contributed by atoms with Gasteiger partial charge in [0, 0.05) is 22.5 Å². The Hall–Kier alpha value is -4.13. The first-order chi connectivity index (χ1) is 14.0. The van der Waals surface area contributed by atoms with Gasteiger partial charge in [-0.05, 0) is 60.7 Å². The summed E-state index contributed by atoms with van der Waals surface area (Å²) in [5, 5.41) is 5.45. The van der Waals surface area contributed by atoms with Crippen molar-refractivity contribution in [3.8, 4) is 5.75 Å². The van der Waals surface area contributed by atoms with Gasteiger partial charge in [-0.2, -0.15) is 0 Å². The van der Waals surface area contributed by atoms with Gasteiger partial charge in [0.2, 0.25) is 5.91 Å². The molecule has 3 amide bonds. The molecule has 0 aliphatic heterocycles. The Morgan fingerprint density at radius 1 is 0.724 bits per heavy atom. The summed E-state index contributed by atoms with van der Waals surface area (Å²) in [6, 6.07) is 21.8. The summed E-state index contributed by atoms with van der Waals surface area (Å²) in [5.74, 6) is -0.601. The van der Waals surface area contributed by atoms with Crippen LogP contribution in [0.2, 0.25) is 0 Å². The minimum absolute atomic E-state index is 0.187. The van der Waals surface area contributed by atoms with Crippen molar-refractivity contribution < 1.29 is 19.1 Å². The molecule has 0 aliphatic carbocycles. The number of nitrogens with two attached hydrogens (primary N) is 1. The van der Waals surface area contributed by atoms with Crippen molar-refractivity contribution in [1.29, 1.82) is 0 Å². The van der Waals surface area contributed by atoms with Gasteiger partial charge in [-0.25, -0.2) is 0 Å². The number of hydrogen-bond donors (Lipinski definition) is 3. The van der Waals surface area contributed by atoms with Crippen LogP contribution >= 0.6 is 0 Å². The Balaban J connectivity index is 1.48. The van der Waals surface area contributed by atoms with Crippen molar-refractivity contribution in [2.75, 3.05) is 17.2 Å². The zero-order valence-electron chi connectivity index (χ0n) is 15.4. The number of rotatable bonds is 7. The minimum Gasteiger partial charge on any atom is -0.484 e. The molecule has 3 aromatic rings. The van der Waals surface area contributed by atoms with E-state index in [1.54, 1.807) is 60.7 Å². The van der Waals surface area contributed by atoms with Crippen LogP contribution < -0.4 is 21.1 Å². The van der Waals surface area contributed by atoms with E-state index < -0.39 is 5.91 Å². The first kappa shape index (κ1) is 19.6. The van der Waals surface area contributed by atoms with E-state index in [1.165, 1.54) is 12.1 Å². The number of benzene rings is 3. The summed E-state index contributed by atoms with van der Waals surface area (Å²) >= 11 is 0. The van der Waals surface area contributed by atoms with E-state index in [-0.39, 0.29) is 18.4 Å². The number of ether oxygens (including phenoxy) is 1. The minimum atomic E-state index is -0.533.